The molecule has 1 unspecified atom stereocenters. The maximum atomic E-state index is 6.14. The number of halogens is 1. The standard InChI is InChI=1S/C28H28BrN3O2/c1-5-33-26-15-21(8-11-25(26)34-16-20-6-9-22(29)10-7-20)28-30-27-18(3)12-17(2)13-23(27)24-14-19(4)31-32(24)28/h6-15,28,30H,5,16H2,1-4H3. The molecular weight excluding hydrogens is 490 g/mol. The highest BCUT2D eigenvalue weighted by atomic mass is 79.9. The van der Waals surface area contributed by atoms with E-state index in [1.807, 2.05) is 44.2 Å². The lowest BCUT2D eigenvalue weighted by atomic mass is 9.98. The van der Waals surface area contributed by atoms with Gasteiger partial charge in [0.1, 0.15) is 12.8 Å². The summed E-state index contributed by atoms with van der Waals surface area (Å²) in [5.74, 6) is 1.46. The van der Waals surface area contributed by atoms with Crippen molar-refractivity contribution in [2.45, 2.75) is 40.5 Å². The van der Waals surface area contributed by atoms with Gasteiger partial charge >= 0.3 is 0 Å². The second kappa shape index (κ2) is 9.18. The first-order valence-electron chi connectivity index (χ1n) is 11.5. The van der Waals surface area contributed by atoms with Crippen molar-refractivity contribution in [3.05, 3.63) is 93.1 Å². The summed E-state index contributed by atoms with van der Waals surface area (Å²) in [5, 5.41) is 8.56. The molecule has 4 aromatic rings. The zero-order valence-electron chi connectivity index (χ0n) is 19.9. The Hall–Kier alpha value is -3.25. The second-order valence-corrected chi connectivity index (χ2v) is 9.64. The first-order chi connectivity index (χ1) is 16.4. The van der Waals surface area contributed by atoms with E-state index in [1.54, 1.807) is 0 Å². The molecule has 0 saturated carbocycles. The van der Waals surface area contributed by atoms with E-state index >= 15 is 0 Å². The van der Waals surface area contributed by atoms with E-state index < -0.39 is 0 Å². The van der Waals surface area contributed by atoms with Gasteiger partial charge in [-0.05, 0) is 75.2 Å². The highest BCUT2D eigenvalue weighted by Crippen LogP contribution is 2.42. The van der Waals surface area contributed by atoms with Crippen LogP contribution in [0.4, 0.5) is 5.69 Å². The number of nitrogens with zero attached hydrogens (tertiary/aromatic N) is 2. The monoisotopic (exact) mass is 517 g/mol. The van der Waals surface area contributed by atoms with Crippen LogP contribution in [0.3, 0.4) is 0 Å². The first kappa shape index (κ1) is 22.5. The van der Waals surface area contributed by atoms with Crippen molar-refractivity contribution in [1.82, 2.24) is 9.78 Å². The third kappa shape index (κ3) is 4.30. The van der Waals surface area contributed by atoms with E-state index in [9.17, 15) is 0 Å². The molecule has 0 bridgehead atoms. The molecule has 0 radical (unpaired) electrons. The Kier molecular flexibility index (Phi) is 6.09. The van der Waals surface area contributed by atoms with Gasteiger partial charge in [-0.15, -0.1) is 0 Å². The number of hydrogen-bond acceptors (Lipinski definition) is 4. The maximum Gasteiger partial charge on any atom is 0.161 e. The molecule has 5 nitrogen and oxygen atoms in total. The molecule has 0 aliphatic carbocycles. The lowest BCUT2D eigenvalue weighted by Gasteiger charge is -2.31. The Morgan fingerprint density at radius 1 is 0.941 bits per heavy atom. The normalized spacial score (nSPS) is 14.2. The number of rotatable bonds is 6. The van der Waals surface area contributed by atoms with Crippen LogP contribution in [-0.2, 0) is 6.61 Å². The van der Waals surface area contributed by atoms with Crippen LogP contribution in [0.5, 0.6) is 11.5 Å². The number of aromatic nitrogens is 2. The number of hydrogen-bond donors (Lipinski definition) is 1. The quantitative estimate of drug-likeness (QED) is 0.294. The van der Waals surface area contributed by atoms with Crippen LogP contribution in [0.1, 0.15) is 41.0 Å². The van der Waals surface area contributed by atoms with E-state index in [2.05, 4.69) is 70.1 Å². The molecule has 1 aromatic heterocycles. The molecule has 0 spiro atoms. The minimum absolute atomic E-state index is 0.141. The summed E-state index contributed by atoms with van der Waals surface area (Å²) < 4.78 is 15.3. The largest absolute Gasteiger partial charge is 0.490 e. The van der Waals surface area contributed by atoms with Crippen LogP contribution in [0.25, 0.3) is 11.3 Å². The predicted molar refractivity (Wildman–Crippen MR) is 140 cm³/mol. The molecule has 174 valence electrons. The van der Waals surface area contributed by atoms with Gasteiger partial charge in [0.25, 0.3) is 0 Å². The topological polar surface area (TPSA) is 48.3 Å². The van der Waals surface area contributed by atoms with E-state index in [0.717, 1.165) is 44.2 Å². The van der Waals surface area contributed by atoms with Gasteiger partial charge in [-0.2, -0.15) is 5.10 Å². The molecule has 1 aliphatic rings. The third-order valence-electron chi connectivity index (χ3n) is 6.03. The Morgan fingerprint density at radius 3 is 2.50 bits per heavy atom. The number of ether oxygens (including phenoxy) is 2. The van der Waals surface area contributed by atoms with Gasteiger partial charge < -0.3 is 14.8 Å². The highest BCUT2D eigenvalue weighted by molar-refractivity contribution is 9.10. The van der Waals surface area contributed by atoms with Gasteiger partial charge in [-0.1, -0.05) is 45.8 Å². The summed E-state index contributed by atoms with van der Waals surface area (Å²) in [4.78, 5) is 0. The van der Waals surface area contributed by atoms with Gasteiger partial charge in [-0.25, -0.2) is 4.68 Å². The van der Waals surface area contributed by atoms with Gasteiger partial charge in [0, 0.05) is 21.3 Å². The van der Waals surface area contributed by atoms with E-state index in [1.165, 1.54) is 16.7 Å². The van der Waals surface area contributed by atoms with E-state index in [-0.39, 0.29) is 6.17 Å². The summed E-state index contributed by atoms with van der Waals surface area (Å²) in [7, 11) is 0. The minimum Gasteiger partial charge on any atom is -0.490 e. The summed E-state index contributed by atoms with van der Waals surface area (Å²) in [5.41, 5.74) is 9.09. The van der Waals surface area contributed by atoms with Crippen LogP contribution in [0.2, 0.25) is 0 Å². The molecule has 0 fully saturated rings. The minimum atomic E-state index is -0.141. The maximum absolute atomic E-state index is 6.14. The Balaban J connectivity index is 1.49. The number of anilines is 1. The summed E-state index contributed by atoms with van der Waals surface area (Å²) in [6.45, 7) is 9.34. The van der Waals surface area contributed by atoms with E-state index in [0.29, 0.717) is 13.2 Å². The highest BCUT2D eigenvalue weighted by Gasteiger charge is 2.28. The van der Waals surface area contributed by atoms with Crippen molar-refractivity contribution >= 4 is 21.6 Å². The van der Waals surface area contributed by atoms with Gasteiger partial charge in [0.2, 0.25) is 0 Å². The first-order valence-corrected chi connectivity index (χ1v) is 12.3. The van der Waals surface area contributed by atoms with Crippen molar-refractivity contribution < 1.29 is 9.47 Å². The summed E-state index contributed by atoms with van der Waals surface area (Å²) in [6.07, 6.45) is -0.141. The molecule has 6 heteroatoms. The van der Waals surface area contributed by atoms with Crippen LogP contribution >= 0.6 is 15.9 Å². The third-order valence-corrected chi connectivity index (χ3v) is 6.56. The van der Waals surface area contributed by atoms with Crippen molar-refractivity contribution in [3.63, 3.8) is 0 Å². The lowest BCUT2D eigenvalue weighted by molar-refractivity contribution is 0.269. The van der Waals surface area contributed by atoms with Gasteiger partial charge in [0.15, 0.2) is 11.5 Å². The SMILES string of the molecule is CCOc1cc(C2Nc3c(C)cc(C)cc3-c3cc(C)nn32)ccc1OCc1ccc(Br)cc1. The Labute approximate surface area is 208 Å². The molecule has 2 heterocycles. The predicted octanol–water partition coefficient (Wildman–Crippen LogP) is 7.19. The van der Waals surface area contributed by atoms with Crippen LogP contribution in [-0.4, -0.2) is 16.4 Å². The van der Waals surface area contributed by atoms with E-state index in [4.69, 9.17) is 14.6 Å². The molecule has 0 saturated heterocycles. The molecule has 5 rings (SSSR count). The van der Waals surface area contributed by atoms with Crippen LogP contribution in [0.15, 0.2) is 65.1 Å². The van der Waals surface area contributed by atoms with Crippen molar-refractivity contribution in [2.75, 3.05) is 11.9 Å². The molecule has 1 atom stereocenters. The van der Waals surface area contributed by atoms with Gasteiger partial charge in [-0.3, -0.25) is 0 Å². The van der Waals surface area contributed by atoms with Crippen molar-refractivity contribution in [2.24, 2.45) is 0 Å². The summed E-state index contributed by atoms with van der Waals surface area (Å²) >= 11 is 3.48. The fourth-order valence-electron chi connectivity index (χ4n) is 4.52. The zero-order chi connectivity index (χ0) is 23.8. The second-order valence-electron chi connectivity index (χ2n) is 8.72. The lowest BCUT2D eigenvalue weighted by Crippen LogP contribution is -2.26. The Bertz CT molecular complexity index is 1340. The number of fused-ring (bicyclic) bond motifs is 3. The van der Waals surface area contributed by atoms with Crippen LogP contribution in [0, 0.1) is 20.8 Å². The molecule has 1 aliphatic heterocycles. The fraction of sp³-hybridized carbons (Fsp3) is 0.250. The van der Waals surface area contributed by atoms with Crippen LogP contribution < -0.4 is 14.8 Å². The molecule has 34 heavy (non-hydrogen) atoms. The molecular formula is C28H28BrN3O2. The molecule has 0 amide bonds. The average molecular weight is 518 g/mol. The Morgan fingerprint density at radius 2 is 1.74 bits per heavy atom. The average Bonchev–Trinajstić information content (AvgIpc) is 3.21. The number of nitrogens with one attached hydrogen (secondary N) is 1. The van der Waals surface area contributed by atoms with Gasteiger partial charge in [0.05, 0.1) is 18.0 Å². The number of aryl methyl sites for hydroxylation is 3. The number of benzene rings is 3. The van der Waals surface area contributed by atoms with Crippen molar-refractivity contribution in [1.29, 1.82) is 0 Å². The van der Waals surface area contributed by atoms with Crippen molar-refractivity contribution in [3.8, 4) is 22.8 Å². The molecule has 3 aromatic carbocycles. The zero-order valence-corrected chi connectivity index (χ0v) is 21.4. The summed E-state index contributed by atoms with van der Waals surface area (Å²) in [6, 6.07) is 20.9. The molecule has 1 N–H and O–H groups in total. The fourth-order valence-corrected chi connectivity index (χ4v) is 4.79. The smallest absolute Gasteiger partial charge is 0.161 e.